The average Bonchev–Trinajstić information content (AvgIpc) is 2.43. The molecule has 1 unspecified atom stereocenters. The van der Waals surface area contributed by atoms with Crippen LogP contribution in [0.15, 0.2) is 30.6 Å². The Kier molecular flexibility index (Phi) is 4.80. The minimum Gasteiger partial charge on any atom is -0.492 e. The van der Waals surface area contributed by atoms with Crippen molar-refractivity contribution in [3.63, 3.8) is 0 Å². The SMILES string of the molecule is CCOc1cncc(C(NC)c2c(F)cc(F)cc2F)c1. The lowest BCUT2D eigenvalue weighted by atomic mass is 9.99. The Labute approximate surface area is 120 Å². The van der Waals surface area contributed by atoms with Crippen LogP contribution in [-0.4, -0.2) is 18.6 Å². The van der Waals surface area contributed by atoms with Gasteiger partial charge in [-0.3, -0.25) is 4.98 Å². The van der Waals surface area contributed by atoms with Gasteiger partial charge in [-0.1, -0.05) is 0 Å². The minimum atomic E-state index is -0.954. The number of aromatic nitrogens is 1. The van der Waals surface area contributed by atoms with Crippen LogP contribution in [0.1, 0.15) is 24.1 Å². The predicted octanol–water partition coefficient (Wildman–Crippen LogP) is 3.21. The van der Waals surface area contributed by atoms with E-state index in [-0.39, 0.29) is 5.56 Å². The maximum Gasteiger partial charge on any atom is 0.137 e. The first-order valence-electron chi connectivity index (χ1n) is 6.46. The second kappa shape index (κ2) is 6.58. The van der Waals surface area contributed by atoms with E-state index in [9.17, 15) is 13.2 Å². The number of benzene rings is 1. The van der Waals surface area contributed by atoms with Gasteiger partial charge in [0.25, 0.3) is 0 Å². The smallest absolute Gasteiger partial charge is 0.137 e. The number of halogens is 3. The third-order valence-electron chi connectivity index (χ3n) is 3.00. The maximum absolute atomic E-state index is 13.9. The molecule has 3 nitrogen and oxygen atoms in total. The molecule has 21 heavy (non-hydrogen) atoms. The molecular weight excluding hydrogens is 281 g/mol. The molecule has 0 radical (unpaired) electrons. The molecule has 0 bridgehead atoms. The van der Waals surface area contributed by atoms with Gasteiger partial charge in [0.2, 0.25) is 0 Å². The number of nitrogens with one attached hydrogen (secondary N) is 1. The Hall–Kier alpha value is -2.08. The molecule has 2 rings (SSSR count). The van der Waals surface area contributed by atoms with Crippen LogP contribution in [0.2, 0.25) is 0 Å². The first kappa shape index (κ1) is 15.3. The van der Waals surface area contributed by atoms with Gasteiger partial charge in [0.15, 0.2) is 0 Å². The summed E-state index contributed by atoms with van der Waals surface area (Å²) >= 11 is 0. The van der Waals surface area contributed by atoms with Gasteiger partial charge in [0.05, 0.1) is 18.8 Å². The molecule has 0 fully saturated rings. The third kappa shape index (κ3) is 3.33. The van der Waals surface area contributed by atoms with Gasteiger partial charge in [-0.05, 0) is 25.6 Å². The molecule has 1 atom stereocenters. The molecular formula is C15H15F3N2O. The summed E-state index contributed by atoms with van der Waals surface area (Å²) in [4.78, 5) is 3.99. The van der Waals surface area contributed by atoms with E-state index in [1.54, 1.807) is 13.1 Å². The molecule has 0 saturated carbocycles. The van der Waals surface area contributed by atoms with E-state index in [1.165, 1.54) is 12.4 Å². The van der Waals surface area contributed by atoms with Crippen LogP contribution in [0.3, 0.4) is 0 Å². The number of rotatable bonds is 5. The van der Waals surface area contributed by atoms with E-state index in [2.05, 4.69) is 10.3 Å². The first-order chi connectivity index (χ1) is 10.1. The van der Waals surface area contributed by atoms with Crippen molar-refractivity contribution in [3.05, 3.63) is 59.2 Å². The molecule has 0 spiro atoms. The summed E-state index contributed by atoms with van der Waals surface area (Å²) in [6.07, 6.45) is 2.99. The van der Waals surface area contributed by atoms with Crippen LogP contribution in [0, 0.1) is 17.5 Å². The number of pyridine rings is 1. The van der Waals surface area contributed by atoms with Crippen molar-refractivity contribution in [2.45, 2.75) is 13.0 Å². The van der Waals surface area contributed by atoms with Crippen molar-refractivity contribution in [1.82, 2.24) is 10.3 Å². The topological polar surface area (TPSA) is 34.1 Å². The number of ether oxygens (including phenoxy) is 1. The second-order valence-corrected chi connectivity index (χ2v) is 4.39. The van der Waals surface area contributed by atoms with E-state index >= 15 is 0 Å². The summed E-state index contributed by atoms with van der Waals surface area (Å²) in [6.45, 7) is 2.27. The quantitative estimate of drug-likeness (QED) is 0.920. The average molecular weight is 296 g/mol. The summed E-state index contributed by atoms with van der Waals surface area (Å²) in [5, 5.41) is 2.81. The molecule has 6 heteroatoms. The molecule has 1 aromatic heterocycles. The van der Waals surface area contributed by atoms with Crippen LogP contribution in [-0.2, 0) is 0 Å². The standard InChI is InChI=1S/C15H15F3N2O/c1-3-21-11-4-9(7-20-8-11)15(19-2)14-12(17)5-10(16)6-13(14)18/h4-8,15,19H,3H2,1-2H3. The van der Waals surface area contributed by atoms with Crippen molar-refractivity contribution < 1.29 is 17.9 Å². The molecule has 1 N–H and O–H groups in total. The van der Waals surface area contributed by atoms with E-state index in [0.29, 0.717) is 30.1 Å². The van der Waals surface area contributed by atoms with Crippen molar-refractivity contribution in [2.24, 2.45) is 0 Å². The highest BCUT2D eigenvalue weighted by atomic mass is 19.1. The highest BCUT2D eigenvalue weighted by Gasteiger charge is 2.22. The van der Waals surface area contributed by atoms with Crippen LogP contribution in [0.5, 0.6) is 5.75 Å². The zero-order chi connectivity index (χ0) is 15.4. The molecule has 0 amide bonds. The fourth-order valence-corrected chi connectivity index (χ4v) is 2.15. The zero-order valence-corrected chi connectivity index (χ0v) is 11.7. The summed E-state index contributed by atoms with van der Waals surface area (Å²) < 4.78 is 46.2. The zero-order valence-electron chi connectivity index (χ0n) is 11.7. The second-order valence-electron chi connectivity index (χ2n) is 4.39. The van der Waals surface area contributed by atoms with Gasteiger partial charge in [0.1, 0.15) is 23.2 Å². The lowest BCUT2D eigenvalue weighted by Gasteiger charge is -2.19. The fraction of sp³-hybridized carbons (Fsp3) is 0.267. The van der Waals surface area contributed by atoms with Gasteiger partial charge in [-0.25, -0.2) is 13.2 Å². The van der Waals surface area contributed by atoms with E-state index in [1.807, 2.05) is 6.92 Å². The number of hydrogen-bond donors (Lipinski definition) is 1. The van der Waals surface area contributed by atoms with Gasteiger partial charge >= 0.3 is 0 Å². The van der Waals surface area contributed by atoms with Crippen LogP contribution in [0.4, 0.5) is 13.2 Å². The fourth-order valence-electron chi connectivity index (χ4n) is 2.15. The van der Waals surface area contributed by atoms with Gasteiger partial charge in [-0.2, -0.15) is 0 Å². The van der Waals surface area contributed by atoms with Crippen LogP contribution >= 0.6 is 0 Å². The van der Waals surface area contributed by atoms with Gasteiger partial charge < -0.3 is 10.1 Å². The molecule has 0 aliphatic rings. The van der Waals surface area contributed by atoms with Crippen molar-refractivity contribution in [2.75, 3.05) is 13.7 Å². The molecule has 2 aromatic rings. The minimum absolute atomic E-state index is 0.255. The molecule has 1 heterocycles. The normalized spacial score (nSPS) is 12.2. The van der Waals surface area contributed by atoms with E-state index in [4.69, 9.17) is 4.74 Å². The van der Waals surface area contributed by atoms with E-state index in [0.717, 1.165) is 0 Å². The summed E-state index contributed by atoms with van der Waals surface area (Å²) in [6, 6.07) is 2.16. The highest BCUT2D eigenvalue weighted by molar-refractivity contribution is 5.35. The Morgan fingerprint density at radius 2 is 1.81 bits per heavy atom. The number of nitrogens with zero attached hydrogens (tertiary/aromatic N) is 1. The molecule has 0 aliphatic heterocycles. The molecule has 1 aromatic carbocycles. The lowest BCUT2D eigenvalue weighted by Crippen LogP contribution is -2.21. The largest absolute Gasteiger partial charge is 0.492 e. The Balaban J connectivity index is 2.47. The predicted molar refractivity (Wildman–Crippen MR) is 72.6 cm³/mol. The van der Waals surface area contributed by atoms with Crippen molar-refractivity contribution in [1.29, 1.82) is 0 Å². The van der Waals surface area contributed by atoms with Crippen molar-refractivity contribution in [3.8, 4) is 5.75 Å². The van der Waals surface area contributed by atoms with Crippen LogP contribution < -0.4 is 10.1 Å². The molecule has 0 saturated heterocycles. The Bertz CT molecular complexity index is 611. The summed E-state index contributed by atoms with van der Waals surface area (Å²) in [7, 11) is 1.56. The number of hydrogen-bond acceptors (Lipinski definition) is 3. The van der Waals surface area contributed by atoms with Gasteiger partial charge in [0, 0.05) is 23.9 Å². The maximum atomic E-state index is 13.9. The Morgan fingerprint density at radius 3 is 2.38 bits per heavy atom. The summed E-state index contributed by atoms with van der Waals surface area (Å²) in [5.74, 6) is -2.36. The Morgan fingerprint density at radius 1 is 1.14 bits per heavy atom. The van der Waals surface area contributed by atoms with Gasteiger partial charge in [-0.15, -0.1) is 0 Å². The third-order valence-corrected chi connectivity index (χ3v) is 3.00. The first-order valence-corrected chi connectivity index (χ1v) is 6.46. The summed E-state index contributed by atoms with van der Waals surface area (Å²) in [5.41, 5.74) is 0.266. The van der Waals surface area contributed by atoms with Crippen LogP contribution in [0.25, 0.3) is 0 Å². The molecule has 112 valence electrons. The van der Waals surface area contributed by atoms with Crippen molar-refractivity contribution >= 4 is 0 Å². The molecule has 0 aliphatic carbocycles. The lowest BCUT2D eigenvalue weighted by molar-refractivity contribution is 0.338. The monoisotopic (exact) mass is 296 g/mol. The highest BCUT2D eigenvalue weighted by Crippen LogP contribution is 2.28. The van der Waals surface area contributed by atoms with E-state index < -0.39 is 23.5 Å².